The molecule has 2 aromatic heterocycles. The molecule has 0 fully saturated rings. The molecule has 5 aromatic rings. The van der Waals surface area contributed by atoms with Crippen molar-refractivity contribution in [2.45, 2.75) is 33.5 Å². The quantitative estimate of drug-likeness (QED) is 0.302. The van der Waals surface area contributed by atoms with Crippen LogP contribution in [0.1, 0.15) is 11.1 Å². The van der Waals surface area contributed by atoms with Crippen molar-refractivity contribution in [1.82, 2.24) is 4.98 Å². The average molecular weight is 396 g/mol. The maximum atomic E-state index is 6.12. The lowest BCUT2D eigenvalue weighted by Crippen LogP contribution is -2.37. The third kappa shape index (κ3) is 2.97. The zero-order valence-corrected chi connectivity index (χ0v) is 18.6. The smallest absolute Gasteiger partial charge is 0.136 e. The lowest BCUT2D eigenvalue weighted by atomic mass is 9.99. The molecule has 0 amide bonds. The molecule has 0 N–H and O–H groups in total. The van der Waals surface area contributed by atoms with E-state index >= 15 is 0 Å². The van der Waals surface area contributed by atoms with E-state index < -0.39 is 8.07 Å². The van der Waals surface area contributed by atoms with Crippen molar-refractivity contribution in [3.63, 3.8) is 0 Å². The SMILES string of the molecule is Cc1cc2c(cc1-c1cc(C)c3cc([Si](C)(C)C)ccc3n1)oc1ccccc12. The first-order valence-corrected chi connectivity index (χ1v) is 13.7. The molecule has 0 atom stereocenters. The Bertz CT molecular complexity index is 1410. The van der Waals surface area contributed by atoms with Crippen LogP contribution in [0.5, 0.6) is 0 Å². The fraction of sp³-hybridized carbons (Fsp3) is 0.192. The van der Waals surface area contributed by atoms with Gasteiger partial charge in [0.15, 0.2) is 0 Å². The van der Waals surface area contributed by atoms with Crippen LogP contribution in [0, 0.1) is 13.8 Å². The molecule has 2 heterocycles. The number of hydrogen-bond donors (Lipinski definition) is 0. The highest BCUT2D eigenvalue weighted by Crippen LogP contribution is 2.35. The zero-order valence-electron chi connectivity index (χ0n) is 17.6. The molecule has 0 radical (unpaired) electrons. The molecular weight excluding hydrogens is 370 g/mol. The molecule has 0 unspecified atom stereocenters. The standard InChI is InChI=1S/C26H25NOSi/c1-16-12-22-19-8-6-7-9-25(19)28-26(22)15-21(16)24-13-17(2)20-14-18(29(3,4)5)10-11-23(20)27-24/h6-15H,1-5H3. The summed E-state index contributed by atoms with van der Waals surface area (Å²) in [6, 6.07) is 21.6. The molecule has 3 heteroatoms. The third-order valence-corrected chi connectivity index (χ3v) is 7.92. The van der Waals surface area contributed by atoms with Gasteiger partial charge in [-0.2, -0.15) is 0 Å². The maximum Gasteiger partial charge on any atom is 0.136 e. The number of pyridine rings is 1. The Labute approximate surface area is 172 Å². The van der Waals surface area contributed by atoms with Gasteiger partial charge in [-0.1, -0.05) is 55.2 Å². The van der Waals surface area contributed by atoms with Crippen molar-refractivity contribution >= 4 is 46.1 Å². The van der Waals surface area contributed by atoms with E-state index in [4.69, 9.17) is 9.40 Å². The molecule has 0 saturated carbocycles. The molecule has 144 valence electrons. The Balaban J connectivity index is 1.71. The van der Waals surface area contributed by atoms with Crippen molar-refractivity contribution in [2.24, 2.45) is 0 Å². The predicted octanol–water partition coefficient (Wildman–Crippen LogP) is 6.96. The zero-order chi connectivity index (χ0) is 20.3. The second-order valence-electron chi connectivity index (χ2n) is 9.07. The highest BCUT2D eigenvalue weighted by Gasteiger charge is 2.18. The van der Waals surface area contributed by atoms with Gasteiger partial charge in [0.2, 0.25) is 0 Å². The number of fused-ring (bicyclic) bond motifs is 4. The summed E-state index contributed by atoms with van der Waals surface area (Å²) < 4.78 is 6.12. The van der Waals surface area contributed by atoms with Crippen LogP contribution < -0.4 is 5.19 Å². The number of para-hydroxylation sites is 1. The topological polar surface area (TPSA) is 26.0 Å². The van der Waals surface area contributed by atoms with Crippen LogP contribution in [0.4, 0.5) is 0 Å². The van der Waals surface area contributed by atoms with E-state index in [0.717, 1.165) is 27.9 Å². The Morgan fingerprint density at radius 3 is 2.31 bits per heavy atom. The van der Waals surface area contributed by atoms with E-state index in [-0.39, 0.29) is 0 Å². The number of furan rings is 1. The highest BCUT2D eigenvalue weighted by atomic mass is 28.3. The summed E-state index contributed by atoms with van der Waals surface area (Å²) in [7, 11) is -1.35. The molecule has 0 aliphatic carbocycles. The van der Waals surface area contributed by atoms with Crippen molar-refractivity contribution < 1.29 is 4.42 Å². The Hall–Kier alpha value is -2.91. The minimum atomic E-state index is -1.35. The molecule has 2 nitrogen and oxygen atoms in total. The molecule has 0 spiro atoms. The van der Waals surface area contributed by atoms with Crippen LogP contribution in [0.15, 0.2) is 65.1 Å². The van der Waals surface area contributed by atoms with Gasteiger partial charge in [-0.3, -0.25) is 0 Å². The average Bonchev–Trinajstić information content (AvgIpc) is 3.04. The number of aromatic nitrogens is 1. The number of nitrogens with zero attached hydrogens (tertiary/aromatic N) is 1. The molecule has 0 bridgehead atoms. The minimum Gasteiger partial charge on any atom is -0.456 e. The molecule has 0 aliphatic rings. The van der Waals surface area contributed by atoms with E-state index in [1.165, 1.54) is 32.5 Å². The van der Waals surface area contributed by atoms with E-state index in [1.54, 1.807) is 0 Å². The van der Waals surface area contributed by atoms with Gasteiger partial charge in [-0.15, -0.1) is 0 Å². The van der Waals surface area contributed by atoms with Crippen molar-refractivity contribution in [3.05, 3.63) is 71.8 Å². The molecule has 3 aromatic carbocycles. The first-order chi connectivity index (χ1) is 13.8. The Kier molecular flexibility index (Phi) is 3.94. The predicted molar refractivity (Wildman–Crippen MR) is 127 cm³/mol. The van der Waals surface area contributed by atoms with Crippen molar-refractivity contribution in [2.75, 3.05) is 0 Å². The fourth-order valence-electron chi connectivity index (χ4n) is 4.15. The van der Waals surface area contributed by atoms with E-state index in [1.807, 2.05) is 12.1 Å². The van der Waals surface area contributed by atoms with E-state index in [0.29, 0.717) is 0 Å². The Morgan fingerprint density at radius 2 is 1.52 bits per heavy atom. The van der Waals surface area contributed by atoms with Gasteiger partial charge in [0, 0.05) is 21.7 Å². The molecular formula is C26H25NOSi. The molecule has 29 heavy (non-hydrogen) atoms. The fourth-order valence-corrected chi connectivity index (χ4v) is 5.31. The van der Waals surface area contributed by atoms with Crippen LogP contribution in [-0.2, 0) is 0 Å². The van der Waals surface area contributed by atoms with Gasteiger partial charge in [-0.05, 0) is 55.3 Å². The maximum absolute atomic E-state index is 6.12. The van der Waals surface area contributed by atoms with Gasteiger partial charge in [0.25, 0.3) is 0 Å². The second kappa shape index (κ2) is 6.29. The van der Waals surface area contributed by atoms with Gasteiger partial charge >= 0.3 is 0 Å². The summed E-state index contributed by atoms with van der Waals surface area (Å²) in [5.41, 5.74) is 7.54. The second-order valence-corrected chi connectivity index (χ2v) is 14.1. The summed E-state index contributed by atoms with van der Waals surface area (Å²) in [6.45, 7) is 11.5. The summed E-state index contributed by atoms with van der Waals surface area (Å²) in [5.74, 6) is 0. The number of benzene rings is 3. The summed E-state index contributed by atoms with van der Waals surface area (Å²) >= 11 is 0. The molecule has 0 saturated heterocycles. The van der Waals surface area contributed by atoms with Crippen LogP contribution in [-0.4, -0.2) is 13.1 Å². The normalized spacial score (nSPS) is 12.3. The van der Waals surface area contributed by atoms with Gasteiger partial charge in [0.1, 0.15) is 11.2 Å². The number of hydrogen-bond acceptors (Lipinski definition) is 2. The van der Waals surface area contributed by atoms with Gasteiger partial charge in [0.05, 0.1) is 19.3 Å². The van der Waals surface area contributed by atoms with Crippen LogP contribution >= 0.6 is 0 Å². The lowest BCUT2D eigenvalue weighted by Gasteiger charge is -2.18. The summed E-state index contributed by atoms with van der Waals surface area (Å²) in [5, 5.41) is 5.07. The van der Waals surface area contributed by atoms with Crippen molar-refractivity contribution in [3.8, 4) is 11.3 Å². The number of aryl methyl sites for hydroxylation is 2. The minimum absolute atomic E-state index is 0.917. The first-order valence-electron chi connectivity index (χ1n) is 10.2. The number of rotatable bonds is 2. The monoisotopic (exact) mass is 395 g/mol. The van der Waals surface area contributed by atoms with Crippen molar-refractivity contribution in [1.29, 1.82) is 0 Å². The summed E-state index contributed by atoms with van der Waals surface area (Å²) in [4.78, 5) is 5.02. The van der Waals surface area contributed by atoms with Crippen LogP contribution in [0.2, 0.25) is 19.6 Å². The van der Waals surface area contributed by atoms with Gasteiger partial charge < -0.3 is 4.42 Å². The first kappa shape index (κ1) is 18.1. The third-order valence-electron chi connectivity index (χ3n) is 5.88. The largest absolute Gasteiger partial charge is 0.456 e. The van der Waals surface area contributed by atoms with Crippen LogP contribution in [0.3, 0.4) is 0 Å². The summed E-state index contributed by atoms with van der Waals surface area (Å²) in [6.07, 6.45) is 0. The Morgan fingerprint density at radius 1 is 0.724 bits per heavy atom. The molecule has 0 aliphatic heterocycles. The van der Waals surface area contributed by atoms with Crippen LogP contribution in [0.25, 0.3) is 44.1 Å². The highest BCUT2D eigenvalue weighted by molar-refractivity contribution is 6.88. The van der Waals surface area contributed by atoms with E-state index in [2.05, 4.69) is 82.0 Å². The van der Waals surface area contributed by atoms with Gasteiger partial charge in [-0.25, -0.2) is 4.98 Å². The lowest BCUT2D eigenvalue weighted by molar-refractivity contribution is 0.669. The van der Waals surface area contributed by atoms with E-state index in [9.17, 15) is 0 Å². The molecule has 5 rings (SSSR count).